The summed E-state index contributed by atoms with van der Waals surface area (Å²) in [4.78, 5) is 11.2. The van der Waals surface area contributed by atoms with Gasteiger partial charge in [0.05, 0.1) is 5.69 Å². The van der Waals surface area contributed by atoms with Crippen LogP contribution in [-0.4, -0.2) is 31.1 Å². The first-order valence-corrected chi connectivity index (χ1v) is 6.40. The molecule has 104 valence electrons. The molecule has 2 heterocycles. The Kier molecular flexibility index (Phi) is 3.37. The highest BCUT2D eigenvalue weighted by atomic mass is 35.5. The molecule has 1 aromatic carbocycles. The van der Waals surface area contributed by atoms with E-state index in [9.17, 15) is 4.79 Å². The summed E-state index contributed by atoms with van der Waals surface area (Å²) in [5.41, 5.74) is 1.32. The van der Waals surface area contributed by atoms with Crippen LogP contribution in [0.3, 0.4) is 0 Å². The molecule has 0 amide bonds. The summed E-state index contributed by atoms with van der Waals surface area (Å²) in [7, 11) is 0. The van der Waals surface area contributed by atoms with Crippen LogP contribution in [0.5, 0.6) is 0 Å². The number of aromatic carboxylic acids is 1. The van der Waals surface area contributed by atoms with E-state index in [1.165, 1.54) is 16.9 Å². The van der Waals surface area contributed by atoms with Gasteiger partial charge >= 0.3 is 5.97 Å². The zero-order valence-electron chi connectivity index (χ0n) is 10.6. The van der Waals surface area contributed by atoms with Crippen molar-refractivity contribution in [1.29, 1.82) is 0 Å². The van der Waals surface area contributed by atoms with Gasteiger partial charge in [0.1, 0.15) is 0 Å². The number of benzene rings is 1. The van der Waals surface area contributed by atoms with Crippen molar-refractivity contribution in [3.05, 3.63) is 59.4 Å². The topological polar surface area (TPSA) is 80.9 Å². The number of carboxylic acids is 1. The lowest BCUT2D eigenvalue weighted by Crippen LogP contribution is -2.04. The maximum absolute atomic E-state index is 11.2. The molecule has 0 radical (unpaired) electrons. The molecule has 0 saturated carbocycles. The average Bonchev–Trinajstić information content (AvgIpc) is 2.94. The number of carboxylic acid groups (broad SMARTS) is 1. The minimum atomic E-state index is -1.10. The zero-order valence-corrected chi connectivity index (χ0v) is 11.4. The molecule has 3 aromatic rings. The molecule has 0 aliphatic rings. The Morgan fingerprint density at radius 3 is 2.57 bits per heavy atom. The second-order valence-electron chi connectivity index (χ2n) is 4.22. The summed E-state index contributed by atoms with van der Waals surface area (Å²) >= 11 is 5.87. The van der Waals surface area contributed by atoms with E-state index in [2.05, 4.69) is 15.3 Å². The maximum atomic E-state index is 11.2. The van der Waals surface area contributed by atoms with Crippen molar-refractivity contribution in [2.24, 2.45) is 0 Å². The first-order valence-electron chi connectivity index (χ1n) is 6.02. The van der Waals surface area contributed by atoms with Crippen LogP contribution >= 0.6 is 11.6 Å². The molecule has 0 atom stereocenters. The molecule has 3 rings (SSSR count). The lowest BCUT2D eigenvalue weighted by atomic mass is 10.1. The van der Waals surface area contributed by atoms with Gasteiger partial charge in [-0.05, 0) is 30.3 Å². The standard InChI is InChI=1S/C14H9ClN4O2/c15-10-5-3-9(4-6-10)12-8-11(14(20)21)18-19(12)13-2-1-7-16-17-13/h1-8H,(H,20,21). The Hall–Kier alpha value is -2.73. The van der Waals surface area contributed by atoms with Crippen LogP contribution in [0.15, 0.2) is 48.7 Å². The van der Waals surface area contributed by atoms with Gasteiger partial charge in [-0.15, -0.1) is 5.10 Å². The van der Waals surface area contributed by atoms with Crippen molar-refractivity contribution < 1.29 is 9.90 Å². The Morgan fingerprint density at radius 1 is 1.19 bits per heavy atom. The molecular weight excluding hydrogens is 292 g/mol. The van der Waals surface area contributed by atoms with Gasteiger partial charge in [-0.2, -0.15) is 10.2 Å². The van der Waals surface area contributed by atoms with E-state index in [-0.39, 0.29) is 5.69 Å². The second kappa shape index (κ2) is 5.34. The normalized spacial score (nSPS) is 10.5. The summed E-state index contributed by atoms with van der Waals surface area (Å²) < 4.78 is 1.44. The summed E-state index contributed by atoms with van der Waals surface area (Å²) in [6.07, 6.45) is 1.53. The van der Waals surface area contributed by atoms with Crippen molar-refractivity contribution in [3.63, 3.8) is 0 Å². The molecule has 1 N–H and O–H groups in total. The fourth-order valence-electron chi connectivity index (χ4n) is 1.89. The third-order valence-corrected chi connectivity index (χ3v) is 3.10. The monoisotopic (exact) mass is 300 g/mol. The van der Waals surface area contributed by atoms with Crippen molar-refractivity contribution in [3.8, 4) is 17.1 Å². The van der Waals surface area contributed by atoms with Gasteiger partial charge in [0, 0.05) is 16.8 Å². The number of rotatable bonds is 3. The predicted octanol–water partition coefficient (Wildman–Crippen LogP) is 2.68. The van der Waals surface area contributed by atoms with Gasteiger partial charge in [0.15, 0.2) is 11.5 Å². The highest BCUT2D eigenvalue weighted by Gasteiger charge is 2.16. The molecule has 0 unspecified atom stereocenters. The van der Waals surface area contributed by atoms with E-state index in [4.69, 9.17) is 16.7 Å². The lowest BCUT2D eigenvalue weighted by Gasteiger charge is -2.05. The SMILES string of the molecule is O=C(O)c1cc(-c2ccc(Cl)cc2)n(-c2cccnn2)n1. The number of hydrogen-bond donors (Lipinski definition) is 1. The smallest absolute Gasteiger partial charge is 0.356 e. The van der Waals surface area contributed by atoms with Gasteiger partial charge in [-0.1, -0.05) is 23.7 Å². The van der Waals surface area contributed by atoms with Crippen molar-refractivity contribution >= 4 is 17.6 Å². The van der Waals surface area contributed by atoms with Crippen molar-refractivity contribution in [2.75, 3.05) is 0 Å². The molecule has 6 nitrogen and oxygen atoms in total. The molecule has 2 aromatic heterocycles. The fourth-order valence-corrected chi connectivity index (χ4v) is 2.02. The molecule has 7 heteroatoms. The predicted molar refractivity (Wildman–Crippen MR) is 76.6 cm³/mol. The average molecular weight is 301 g/mol. The van der Waals surface area contributed by atoms with Gasteiger partial charge in [-0.25, -0.2) is 9.48 Å². The quantitative estimate of drug-likeness (QED) is 0.804. The highest BCUT2D eigenvalue weighted by molar-refractivity contribution is 6.30. The second-order valence-corrected chi connectivity index (χ2v) is 4.66. The molecule has 0 saturated heterocycles. The zero-order chi connectivity index (χ0) is 14.8. The van der Waals surface area contributed by atoms with Crippen LogP contribution in [-0.2, 0) is 0 Å². The maximum Gasteiger partial charge on any atom is 0.356 e. The Morgan fingerprint density at radius 2 is 1.95 bits per heavy atom. The van der Waals surface area contributed by atoms with E-state index in [1.54, 1.807) is 36.4 Å². The van der Waals surface area contributed by atoms with E-state index in [1.807, 2.05) is 0 Å². The van der Waals surface area contributed by atoms with Crippen LogP contribution in [0, 0.1) is 0 Å². The van der Waals surface area contributed by atoms with E-state index in [0.29, 0.717) is 16.5 Å². The molecular formula is C14H9ClN4O2. The van der Waals surface area contributed by atoms with Crippen LogP contribution in [0.25, 0.3) is 17.1 Å². The highest BCUT2D eigenvalue weighted by Crippen LogP contribution is 2.24. The molecule has 0 aliphatic heterocycles. The van der Waals surface area contributed by atoms with E-state index < -0.39 is 5.97 Å². The minimum absolute atomic E-state index is 0.0643. The van der Waals surface area contributed by atoms with Gasteiger partial charge in [-0.3, -0.25) is 0 Å². The molecule has 0 spiro atoms. The molecule has 21 heavy (non-hydrogen) atoms. The van der Waals surface area contributed by atoms with Crippen LogP contribution in [0.1, 0.15) is 10.5 Å². The fraction of sp³-hybridized carbons (Fsp3) is 0. The first kappa shape index (κ1) is 13.3. The number of aromatic nitrogens is 4. The van der Waals surface area contributed by atoms with Crippen LogP contribution < -0.4 is 0 Å². The summed E-state index contributed by atoms with van der Waals surface area (Å²) in [6, 6.07) is 11.9. The number of halogens is 1. The number of hydrogen-bond acceptors (Lipinski definition) is 4. The number of nitrogens with zero attached hydrogens (tertiary/aromatic N) is 4. The van der Waals surface area contributed by atoms with Gasteiger partial charge in [0.25, 0.3) is 0 Å². The first-order chi connectivity index (χ1) is 10.1. The van der Waals surface area contributed by atoms with E-state index in [0.717, 1.165) is 5.56 Å². The largest absolute Gasteiger partial charge is 0.476 e. The van der Waals surface area contributed by atoms with Crippen LogP contribution in [0.2, 0.25) is 5.02 Å². The van der Waals surface area contributed by atoms with Gasteiger partial charge < -0.3 is 5.11 Å². The third-order valence-electron chi connectivity index (χ3n) is 2.84. The van der Waals surface area contributed by atoms with Crippen molar-refractivity contribution in [1.82, 2.24) is 20.0 Å². The molecule has 0 aliphatic carbocycles. The third kappa shape index (κ3) is 2.61. The van der Waals surface area contributed by atoms with Gasteiger partial charge in [0.2, 0.25) is 0 Å². The number of carbonyl (C=O) groups is 1. The lowest BCUT2D eigenvalue weighted by molar-refractivity contribution is 0.0690. The summed E-state index contributed by atoms with van der Waals surface area (Å²) in [5, 5.41) is 21.5. The minimum Gasteiger partial charge on any atom is -0.476 e. The summed E-state index contributed by atoms with van der Waals surface area (Å²) in [5.74, 6) is -0.664. The Labute approximate surface area is 124 Å². The van der Waals surface area contributed by atoms with Crippen molar-refractivity contribution in [2.45, 2.75) is 0 Å². The molecule has 0 bridgehead atoms. The summed E-state index contributed by atoms with van der Waals surface area (Å²) in [6.45, 7) is 0. The Bertz CT molecular complexity index is 784. The Balaban J connectivity index is 2.19. The van der Waals surface area contributed by atoms with E-state index >= 15 is 0 Å². The molecule has 0 fully saturated rings. The van der Waals surface area contributed by atoms with Crippen LogP contribution in [0.4, 0.5) is 0 Å².